The van der Waals surface area contributed by atoms with Gasteiger partial charge in [0.15, 0.2) is 0 Å². The van der Waals surface area contributed by atoms with E-state index in [2.05, 4.69) is 9.47 Å². The number of hydrogen-bond acceptors (Lipinski definition) is 3. The number of alkyl halides is 10. The molecule has 23 heavy (non-hydrogen) atoms. The normalized spacial score (nSPS) is 17.6. The van der Waals surface area contributed by atoms with E-state index in [4.69, 9.17) is 5.11 Å². The summed E-state index contributed by atoms with van der Waals surface area (Å²) in [7, 11) is 0. The lowest BCUT2D eigenvalue weighted by molar-refractivity contribution is -0.312. The van der Waals surface area contributed by atoms with Crippen LogP contribution in [0.5, 0.6) is 0 Å². The minimum Gasteiger partial charge on any atom is -0.396 e. The molecule has 2 atom stereocenters. The Morgan fingerprint density at radius 3 is 1.22 bits per heavy atom. The second kappa shape index (κ2) is 8.87. The lowest BCUT2D eigenvalue weighted by Gasteiger charge is -2.25. The fraction of sp³-hybridized carbons (Fsp3) is 1.00. The van der Waals surface area contributed by atoms with Crippen molar-refractivity contribution in [2.45, 2.75) is 37.4 Å². The van der Waals surface area contributed by atoms with E-state index in [0.29, 0.717) is 0 Å². The van der Waals surface area contributed by atoms with E-state index in [1.54, 1.807) is 0 Å². The van der Waals surface area contributed by atoms with Crippen molar-refractivity contribution >= 4 is 0 Å². The van der Waals surface area contributed by atoms with Crippen molar-refractivity contribution < 1.29 is 58.5 Å². The summed E-state index contributed by atoms with van der Waals surface area (Å²) in [6.45, 7) is -4.06. The van der Waals surface area contributed by atoms with Crippen molar-refractivity contribution in [1.29, 1.82) is 0 Å². The molecule has 0 amide bonds. The van der Waals surface area contributed by atoms with Gasteiger partial charge in [-0.05, 0) is 0 Å². The summed E-state index contributed by atoms with van der Waals surface area (Å²) in [6, 6.07) is 0. The van der Waals surface area contributed by atoms with Gasteiger partial charge in [-0.2, -0.15) is 17.6 Å². The number of hydrogen-bond donors (Lipinski definition) is 1. The van der Waals surface area contributed by atoms with Crippen molar-refractivity contribution in [3.8, 4) is 0 Å². The van der Waals surface area contributed by atoms with Crippen LogP contribution in [0, 0.1) is 5.92 Å². The standard InChI is InChI=1S/C10H12F10O3/c11-5(7(13)14)9(17,18)22-2-4(1-21)3-23-10(19,20)6(12)8(15)16/h4-8,21H,1-3H2. The number of halogens is 10. The Kier molecular flexibility index (Phi) is 8.56. The molecule has 0 bridgehead atoms. The van der Waals surface area contributed by atoms with Gasteiger partial charge in [0.25, 0.3) is 25.2 Å². The second-order valence-electron chi connectivity index (χ2n) is 4.27. The largest absolute Gasteiger partial charge is 0.396 e. The molecule has 0 aliphatic rings. The molecule has 0 aromatic rings. The Morgan fingerprint density at radius 2 is 1.00 bits per heavy atom. The summed E-state index contributed by atoms with van der Waals surface area (Å²) in [5.74, 6) is -1.76. The SMILES string of the molecule is OCC(COC(F)(F)C(F)C(F)F)COC(F)(F)C(F)C(F)F. The number of ether oxygens (including phenoxy) is 2. The van der Waals surface area contributed by atoms with Gasteiger partial charge in [0.05, 0.1) is 19.8 Å². The summed E-state index contributed by atoms with van der Waals surface area (Å²) in [5, 5.41) is 8.68. The van der Waals surface area contributed by atoms with E-state index in [1.165, 1.54) is 0 Å². The molecule has 0 saturated heterocycles. The molecule has 0 saturated carbocycles. The van der Waals surface area contributed by atoms with Crippen LogP contribution in [0.3, 0.4) is 0 Å². The van der Waals surface area contributed by atoms with E-state index in [-0.39, 0.29) is 0 Å². The zero-order valence-corrected chi connectivity index (χ0v) is 11.1. The van der Waals surface area contributed by atoms with E-state index in [1.807, 2.05) is 0 Å². The highest BCUT2D eigenvalue weighted by atomic mass is 19.3. The fourth-order valence-corrected chi connectivity index (χ4v) is 1.06. The molecule has 0 aliphatic carbocycles. The highest BCUT2D eigenvalue weighted by Crippen LogP contribution is 2.30. The first kappa shape index (κ1) is 22.2. The highest BCUT2D eigenvalue weighted by molar-refractivity contribution is 4.73. The number of rotatable bonds is 11. The van der Waals surface area contributed by atoms with Crippen LogP contribution in [0.15, 0.2) is 0 Å². The maximum Gasteiger partial charge on any atom is 0.392 e. The summed E-state index contributed by atoms with van der Waals surface area (Å²) in [6.07, 6.45) is -26.2. The third kappa shape index (κ3) is 7.08. The topological polar surface area (TPSA) is 38.7 Å². The van der Waals surface area contributed by atoms with Gasteiger partial charge < -0.3 is 14.6 Å². The Labute approximate surface area is 123 Å². The first-order valence-electron chi connectivity index (χ1n) is 5.84. The molecule has 0 aromatic carbocycles. The maximum absolute atomic E-state index is 12.8. The predicted octanol–water partition coefficient (Wildman–Crippen LogP) is 3.02. The van der Waals surface area contributed by atoms with Crippen molar-refractivity contribution in [1.82, 2.24) is 0 Å². The van der Waals surface area contributed by atoms with Crippen LogP contribution in [0.2, 0.25) is 0 Å². The Morgan fingerprint density at radius 1 is 0.696 bits per heavy atom. The first-order chi connectivity index (χ1) is 10.3. The number of aliphatic hydroxyl groups is 1. The third-order valence-corrected chi connectivity index (χ3v) is 2.37. The molecule has 13 heteroatoms. The molecule has 0 heterocycles. The first-order valence-corrected chi connectivity index (χ1v) is 5.84. The zero-order valence-electron chi connectivity index (χ0n) is 11.1. The molecule has 2 unspecified atom stereocenters. The van der Waals surface area contributed by atoms with Gasteiger partial charge in [-0.25, -0.2) is 26.3 Å². The lowest BCUT2D eigenvalue weighted by Crippen LogP contribution is -2.42. The van der Waals surface area contributed by atoms with Crippen molar-refractivity contribution in [2.24, 2.45) is 5.92 Å². The fourth-order valence-electron chi connectivity index (χ4n) is 1.06. The molecule has 0 aliphatic heterocycles. The van der Waals surface area contributed by atoms with E-state index >= 15 is 0 Å². The second-order valence-corrected chi connectivity index (χ2v) is 4.27. The Balaban J connectivity index is 4.53. The summed E-state index contributed by atoms with van der Waals surface area (Å²) >= 11 is 0. The molecule has 140 valence electrons. The van der Waals surface area contributed by atoms with Crippen molar-refractivity contribution in [2.75, 3.05) is 19.8 Å². The Hall–Kier alpha value is -0.820. The van der Waals surface area contributed by atoms with Crippen LogP contribution in [0.1, 0.15) is 0 Å². The Bertz CT molecular complexity index is 311. The molecular weight excluding hydrogens is 358 g/mol. The van der Waals surface area contributed by atoms with Gasteiger partial charge in [0.2, 0.25) is 0 Å². The van der Waals surface area contributed by atoms with Gasteiger partial charge in [-0.3, -0.25) is 0 Å². The smallest absolute Gasteiger partial charge is 0.392 e. The van der Waals surface area contributed by atoms with Crippen LogP contribution >= 0.6 is 0 Å². The molecule has 0 spiro atoms. The van der Waals surface area contributed by atoms with Crippen molar-refractivity contribution in [3.63, 3.8) is 0 Å². The molecule has 0 radical (unpaired) electrons. The molecule has 0 fully saturated rings. The van der Waals surface area contributed by atoms with Crippen LogP contribution in [0.4, 0.5) is 43.9 Å². The van der Waals surface area contributed by atoms with E-state index in [0.717, 1.165) is 0 Å². The predicted molar refractivity (Wildman–Crippen MR) is 54.2 cm³/mol. The highest BCUT2D eigenvalue weighted by Gasteiger charge is 2.49. The third-order valence-electron chi connectivity index (χ3n) is 2.37. The number of aliphatic hydroxyl groups excluding tert-OH is 1. The molecule has 0 rings (SSSR count). The van der Waals surface area contributed by atoms with Crippen LogP contribution in [-0.4, -0.2) is 62.3 Å². The molecule has 0 aromatic heterocycles. The summed E-state index contributed by atoms with van der Waals surface area (Å²) in [5.41, 5.74) is 0. The lowest BCUT2D eigenvalue weighted by atomic mass is 10.2. The van der Waals surface area contributed by atoms with E-state index in [9.17, 15) is 43.9 Å². The van der Waals surface area contributed by atoms with Gasteiger partial charge >= 0.3 is 12.2 Å². The summed E-state index contributed by atoms with van der Waals surface area (Å²) < 4.78 is 130. The van der Waals surface area contributed by atoms with E-state index < -0.39 is 63.1 Å². The molecule has 3 nitrogen and oxygen atoms in total. The quantitative estimate of drug-likeness (QED) is 0.569. The summed E-state index contributed by atoms with van der Waals surface area (Å²) in [4.78, 5) is 0. The minimum absolute atomic E-state index is 1.19. The van der Waals surface area contributed by atoms with Gasteiger partial charge in [0.1, 0.15) is 0 Å². The van der Waals surface area contributed by atoms with Crippen LogP contribution in [0.25, 0.3) is 0 Å². The average Bonchev–Trinajstić information content (AvgIpc) is 2.45. The van der Waals surface area contributed by atoms with Crippen LogP contribution in [-0.2, 0) is 9.47 Å². The van der Waals surface area contributed by atoms with Gasteiger partial charge in [-0.1, -0.05) is 0 Å². The van der Waals surface area contributed by atoms with Crippen molar-refractivity contribution in [3.05, 3.63) is 0 Å². The maximum atomic E-state index is 12.8. The minimum atomic E-state index is -4.99. The molecular formula is C10H12F10O3. The van der Waals surface area contributed by atoms with Crippen LogP contribution < -0.4 is 0 Å². The van der Waals surface area contributed by atoms with Gasteiger partial charge in [0, 0.05) is 5.92 Å². The molecule has 1 N–H and O–H groups in total. The monoisotopic (exact) mass is 370 g/mol. The van der Waals surface area contributed by atoms with Gasteiger partial charge in [-0.15, -0.1) is 0 Å². The average molecular weight is 370 g/mol. The zero-order chi connectivity index (χ0) is 18.4.